The summed E-state index contributed by atoms with van der Waals surface area (Å²) in [6, 6.07) is 13.6. The average molecular weight is 408 g/mol. The third kappa shape index (κ3) is 4.86. The van der Waals surface area contributed by atoms with Crippen LogP contribution in [0.15, 0.2) is 53.7 Å². The van der Waals surface area contributed by atoms with Crippen LogP contribution in [0.25, 0.3) is 0 Å². The predicted molar refractivity (Wildman–Crippen MR) is 98.2 cm³/mol. The summed E-state index contributed by atoms with van der Waals surface area (Å²) in [7, 11) is 1.56. The van der Waals surface area contributed by atoms with Gasteiger partial charge in [0.1, 0.15) is 5.75 Å². The van der Waals surface area contributed by atoms with Gasteiger partial charge in [-0.15, -0.1) is 0 Å². The number of nitrogens with zero attached hydrogens (tertiary/aromatic N) is 1. The van der Waals surface area contributed by atoms with E-state index in [0.29, 0.717) is 16.9 Å². The van der Waals surface area contributed by atoms with Crippen LogP contribution >= 0.6 is 0 Å². The minimum atomic E-state index is -4.95. The molecule has 1 amide bonds. The molecule has 2 aromatic rings. The summed E-state index contributed by atoms with van der Waals surface area (Å²) in [5, 5.41) is 15.7. The van der Waals surface area contributed by atoms with Crippen LogP contribution in [0.3, 0.4) is 0 Å². The van der Waals surface area contributed by atoms with Crippen LogP contribution in [0.2, 0.25) is 0 Å². The standard InChI is InChI=1S/C20H19F3N2O4/c1-28-16-7-5-13(6-8-16)10-18(26)24-12-14-3-2-4-15(9-14)17-11-19(27,29-25-17)20(21,22)23/h2-9,27H,10-12H2,1H3,(H,24,26). The smallest absolute Gasteiger partial charge is 0.458 e. The van der Waals surface area contributed by atoms with E-state index in [-0.39, 0.29) is 24.6 Å². The van der Waals surface area contributed by atoms with E-state index in [2.05, 4.69) is 15.3 Å². The zero-order chi connectivity index (χ0) is 21.1. The fourth-order valence-electron chi connectivity index (χ4n) is 2.78. The van der Waals surface area contributed by atoms with Crippen molar-refractivity contribution >= 4 is 11.6 Å². The molecule has 1 aliphatic rings. The van der Waals surface area contributed by atoms with Gasteiger partial charge in [-0.05, 0) is 34.9 Å². The Kier molecular flexibility index (Phi) is 5.78. The monoisotopic (exact) mass is 408 g/mol. The Balaban J connectivity index is 1.58. The maximum Gasteiger partial charge on any atom is 0.458 e. The number of ether oxygens (including phenoxy) is 1. The second-order valence-corrected chi connectivity index (χ2v) is 6.59. The fourth-order valence-corrected chi connectivity index (χ4v) is 2.78. The average Bonchev–Trinajstić information content (AvgIpc) is 3.11. The van der Waals surface area contributed by atoms with Gasteiger partial charge >= 0.3 is 12.0 Å². The lowest BCUT2D eigenvalue weighted by atomic mass is 10.0. The van der Waals surface area contributed by atoms with Gasteiger partial charge in [0.15, 0.2) is 0 Å². The molecule has 0 bridgehead atoms. The van der Waals surface area contributed by atoms with Gasteiger partial charge in [-0.3, -0.25) is 4.79 Å². The molecule has 1 aliphatic heterocycles. The number of alkyl halides is 3. The van der Waals surface area contributed by atoms with E-state index < -0.39 is 18.4 Å². The normalized spacial score (nSPS) is 18.7. The van der Waals surface area contributed by atoms with Crippen molar-refractivity contribution in [3.63, 3.8) is 0 Å². The van der Waals surface area contributed by atoms with E-state index in [0.717, 1.165) is 5.56 Å². The molecule has 0 aliphatic carbocycles. The van der Waals surface area contributed by atoms with Crippen LogP contribution in [0.1, 0.15) is 23.1 Å². The highest BCUT2D eigenvalue weighted by Gasteiger charge is 2.60. The molecule has 9 heteroatoms. The molecule has 0 saturated carbocycles. The summed E-state index contributed by atoms with van der Waals surface area (Å²) in [5.74, 6) is -2.82. The first kappa shape index (κ1) is 20.7. The number of hydrogen-bond donors (Lipinski definition) is 2. The molecule has 1 atom stereocenters. The minimum Gasteiger partial charge on any atom is -0.497 e. The zero-order valence-corrected chi connectivity index (χ0v) is 15.5. The molecule has 1 heterocycles. The first-order chi connectivity index (χ1) is 13.7. The van der Waals surface area contributed by atoms with Crippen LogP contribution in [0.4, 0.5) is 13.2 Å². The number of aliphatic hydroxyl groups is 1. The highest BCUT2D eigenvalue weighted by atomic mass is 19.4. The Labute approximate surface area is 164 Å². The Morgan fingerprint density at radius 3 is 2.59 bits per heavy atom. The van der Waals surface area contributed by atoms with Gasteiger partial charge in [0, 0.05) is 6.54 Å². The van der Waals surface area contributed by atoms with Crippen molar-refractivity contribution in [1.29, 1.82) is 0 Å². The lowest BCUT2D eigenvalue weighted by Crippen LogP contribution is -2.45. The van der Waals surface area contributed by atoms with Crippen LogP contribution in [-0.2, 0) is 22.6 Å². The molecular formula is C20H19F3N2O4. The van der Waals surface area contributed by atoms with Gasteiger partial charge in [-0.25, -0.2) is 0 Å². The molecule has 29 heavy (non-hydrogen) atoms. The van der Waals surface area contributed by atoms with Crippen LogP contribution in [0.5, 0.6) is 5.75 Å². The van der Waals surface area contributed by atoms with Crippen molar-refractivity contribution in [3.8, 4) is 5.75 Å². The predicted octanol–water partition coefficient (Wildman–Crippen LogP) is 2.93. The number of methoxy groups -OCH3 is 1. The Hall–Kier alpha value is -3.07. The van der Waals surface area contributed by atoms with Crippen molar-refractivity contribution in [2.24, 2.45) is 5.16 Å². The van der Waals surface area contributed by atoms with E-state index >= 15 is 0 Å². The molecule has 2 aromatic carbocycles. The molecule has 154 valence electrons. The Morgan fingerprint density at radius 2 is 1.97 bits per heavy atom. The van der Waals surface area contributed by atoms with E-state index in [1.165, 1.54) is 0 Å². The van der Waals surface area contributed by atoms with Gasteiger partial charge < -0.3 is 20.0 Å². The summed E-state index contributed by atoms with van der Waals surface area (Å²) in [6.45, 7) is 0.195. The molecule has 0 radical (unpaired) electrons. The number of hydrogen-bond acceptors (Lipinski definition) is 5. The van der Waals surface area contributed by atoms with Crippen LogP contribution in [0, 0.1) is 0 Å². The topological polar surface area (TPSA) is 80.2 Å². The Bertz CT molecular complexity index is 913. The summed E-state index contributed by atoms with van der Waals surface area (Å²) in [6.07, 6.45) is -5.57. The van der Waals surface area contributed by atoms with E-state index in [1.807, 2.05) is 0 Å². The van der Waals surface area contributed by atoms with Gasteiger partial charge in [0.25, 0.3) is 0 Å². The van der Waals surface area contributed by atoms with E-state index in [4.69, 9.17) is 4.74 Å². The second-order valence-electron chi connectivity index (χ2n) is 6.59. The van der Waals surface area contributed by atoms with Crippen molar-refractivity contribution in [3.05, 3.63) is 65.2 Å². The third-order valence-electron chi connectivity index (χ3n) is 4.43. The lowest BCUT2D eigenvalue weighted by molar-refractivity contribution is -0.355. The van der Waals surface area contributed by atoms with Crippen molar-refractivity contribution in [1.82, 2.24) is 5.32 Å². The van der Waals surface area contributed by atoms with Gasteiger partial charge in [-0.2, -0.15) is 13.2 Å². The quantitative estimate of drug-likeness (QED) is 0.770. The van der Waals surface area contributed by atoms with Gasteiger partial charge in [0.2, 0.25) is 5.91 Å². The Morgan fingerprint density at radius 1 is 1.24 bits per heavy atom. The zero-order valence-electron chi connectivity index (χ0n) is 15.5. The molecule has 3 rings (SSSR count). The molecule has 6 nitrogen and oxygen atoms in total. The van der Waals surface area contributed by atoms with Gasteiger partial charge in [-0.1, -0.05) is 35.5 Å². The number of carbonyl (C=O) groups is 1. The number of carbonyl (C=O) groups excluding carboxylic acids is 1. The van der Waals surface area contributed by atoms with Crippen molar-refractivity contribution < 1.29 is 32.6 Å². The maximum absolute atomic E-state index is 12.8. The molecule has 1 unspecified atom stereocenters. The van der Waals surface area contributed by atoms with Crippen molar-refractivity contribution in [2.45, 2.75) is 31.3 Å². The number of rotatable bonds is 6. The molecule has 0 fully saturated rings. The fraction of sp³-hybridized carbons (Fsp3) is 0.300. The summed E-state index contributed by atoms with van der Waals surface area (Å²) in [4.78, 5) is 16.4. The third-order valence-corrected chi connectivity index (χ3v) is 4.43. The molecular weight excluding hydrogens is 389 g/mol. The molecule has 0 aromatic heterocycles. The SMILES string of the molecule is COc1ccc(CC(=O)NCc2cccc(C3=NOC(O)(C(F)(F)F)C3)c2)cc1. The van der Waals surface area contributed by atoms with Crippen LogP contribution < -0.4 is 10.1 Å². The number of oxime groups is 1. The maximum atomic E-state index is 12.8. The lowest BCUT2D eigenvalue weighted by Gasteiger charge is -2.22. The number of benzene rings is 2. The summed E-state index contributed by atoms with van der Waals surface area (Å²) < 4.78 is 43.6. The van der Waals surface area contributed by atoms with E-state index in [9.17, 15) is 23.1 Å². The molecule has 2 N–H and O–H groups in total. The van der Waals surface area contributed by atoms with E-state index in [1.54, 1.807) is 55.6 Å². The molecule has 0 spiro atoms. The largest absolute Gasteiger partial charge is 0.497 e. The minimum absolute atomic E-state index is 0.0174. The number of nitrogens with one attached hydrogen (secondary N) is 1. The summed E-state index contributed by atoms with van der Waals surface area (Å²) in [5.41, 5.74) is 1.86. The first-order valence-electron chi connectivity index (χ1n) is 8.73. The van der Waals surface area contributed by atoms with Crippen molar-refractivity contribution in [2.75, 3.05) is 7.11 Å². The second kappa shape index (κ2) is 8.12. The first-order valence-corrected chi connectivity index (χ1v) is 8.73. The summed E-state index contributed by atoms with van der Waals surface area (Å²) >= 11 is 0. The highest BCUT2D eigenvalue weighted by Crippen LogP contribution is 2.38. The number of amides is 1. The number of halogens is 3. The highest BCUT2D eigenvalue weighted by molar-refractivity contribution is 6.01. The van der Waals surface area contributed by atoms with Gasteiger partial charge in [0.05, 0.1) is 25.7 Å². The van der Waals surface area contributed by atoms with Crippen LogP contribution in [-0.4, -0.2) is 35.8 Å². The molecule has 0 saturated heterocycles.